The number of ether oxygens (including phenoxy) is 4. The molecule has 11 nitrogen and oxygen atoms in total. The molecule has 0 aromatic heterocycles. The molecule has 1 saturated carbocycles. The Labute approximate surface area is 272 Å². The molecule has 4 heterocycles. The first kappa shape index (κ1) is 28.2. The number of rotatable bonds is 3. The van der Waals surface area contributed by atoms with E-state index in [1.54, 1.807) is 13.2 Å². The van der Waals surface area contributed by atoms with Gasteiger partial charge in [0, 0.05) is 34.5 Å². The van der Waals surface area contributed by atoms with Gasteiger partial charge in [0.25, 0.3) is 0 Å². The van der Waals surface area contributed by atoms with E-state index in [0.717, 1.165) is 49.0 Å². The first-order chi connectivity index (χ1) is 22.7. The Morgan fingerprint density at radius 3 is 2.64 bits per heavy atom. The fourth-order valence-corrected chi connectivity index (χ4v) is 11.3. The summed E-state index contributed by atoms with van der Waals surface area (Å²) in [5, 5.41) is 27.7. The van der Waals surface area contributed by atoms with E-state index in [1.165, 1.54) is 5.56 Å². The summed E-state index contributed by atoms with van der Waals surface area (Å²) in [6, 6.07) is 7.97. The number of piperidine rings is 2. The van der Waals surface area contributed by atoms with Crippen molar-refractivity contribution in [1.82, 2.24) is 9.80 Å². The molecule has 4 aliphatic heterocycles. The number of carbonyl (C=O) groups is 1. The van der Waals surface area contributed by atoms with E-state index in [1.807, 2.05) is 18.2 Å². The van der Waals surface area contributed by atoms with Gasteiger partial charge in [0.1, 0.15) is 6.10 Å². The highest BCUT2D eigenvalue weighted by Crippen LogP contribution is 2.65. The van der Waals surface area contributed by atoms with Gasteiger partial charge in [-0.1, -0.05) is 23.4 Å². The highest BCUT2D eigenvalue weighted by molar-refractivity contribution is 5.94. The summed E-state index contributed by atoms with van der Waals surface area (Å²) in [6.45, 7) is 1.68. The highest BCUT2D eigenvalue weighted by Gasteiger charge is 2.72. The van der Waals surface area contributed by atoms with Crippen LogP contribution in [0.15, 0.2) is 41.6 Å². The maximum Gasteiger partial charge on any atom is 0.535 e. The molecule has 11 heteroatoms. The van der Waals surface area contributed by atoms with Crippen molar-refractivity contribution in [3.63, 3.8) is 0 Å². The van der Waals surface area contributed by atoms with E-state index in [0.29, 0.717) is 48.3 Å². The lowest BCUT2D eigenvalue weighted by molar-refractivity contribution is -0.161. The van der Waals surface area contributed by atoms with Gasteiger partial charge >= 0.3 is 6.16 Å². The molecule has 4 bridgehead atoms. The molecule has 10 rings (SSSR count). The predicted octanol–water partition coefficient (Wildman–Crippen LogP) is 3.21. The normalized spacial score (nSPS) is 40.6. The van der Waals surface area contributed by atoms with E-state index >= 15 is 0 Å². The first-order valence-electron chi connectivity index (χ1n) is 16.9. The monoisotopic (exact) mass is 641 g/mol. The molecule has 2 aromatic carbocycles. The minimum atomic E-state index is -1.03. The van der Waals surface area contributed by atoms with Crippen molar-refractivity contribution in [2.24, 2.45) is 11.1 Å². The number of carbonyl (C=O) groups excluding carboxylic acids is 1. The first-order valence-corrected chi connectivity index (χ1v) is 16.9. The Bertz CT molecular complexity index is 1810. The van der Waals surface area contributed by atoms with Crippen LogP contribution in [0.2, 0.25) is 0 Å². The van der Waals surface area contributed by atoms with Crippen LogP contribution >= 0.6 is 0 Å². The molecule has 2 aromatic rings. The molecule has 8 aliphatic rings. The second-order valence-corrected chi connectivity index (χ2v) is 14.9. The van der Waals surface area contributed by atoms with Gasteiger partial charge in [-0.05, 0) is 95.0 Å². The van der Waals surface area contributed by atoms with Gasteiger partial charge in [-0.3, -0.25) is 4.84 Å². The van der Waals surface area contributed by atoms with Crippen molar-refractivity contribution in [2.45, 2.75) is 85.4 Å². The van der Waals surface area contributed by atoms with Crippen molar-refractivity contribution in [3.05, 3.63) is 58.7 Å². The molecular weight excluding hydrogens is 602 g/mol. The van der Waals surface area contributed by atoms with Gasteiger partial charge in [0.15, 0.2) is 35.2 Å². The zero-order valence-corrected chi connectivity index (χ0v) is 26.8. The van der Waals surface area contributed by atoms with Gasteiger partial charge in [-0.15, -0.1) is 0 Å². The zero-order chi connectivity index (χ0) is 32.0. The number of oxime groups is 1. The molecule has 2 spiro atoms. The Morgan fingerprint density at radius 1 is 0.979 bits per heavy atom. The fourth-order valence-electron chi connectivity index (χ4n) is 11.3. The molecule has 3 fully saturated rings. The summed E-state index contributed by atoms with van der Waals surface area (Å²) < 4.78 is 24.8. The van der Waals surface area contributed by atoms with Gasteiger partial charge in [0.05, 0.1) is 23.8 Å². The molecule has 0 radical (unpaired) electrons. The topological polar surface area (TPSA) is 123 Å². The number of nitrogens with zero attached hydrogens (tertiary/aromatic N) is 3. The highest BCUT2D eigenvalue weighted by atomic mass is 16.8. The third kappa shape index (κ3) is 3.23. The molecular formula is C36H39N3O8. The number of benzene rings is 2. The number of phenols is 1. The van der Waals surface area contributed by atoms with E-state index in [9.17, 15) is 15.0 Å². The van der Waals surface area contributed by atoms with Gasteiger partial charge in [-0.25, -0.2) is 4.79 Å². The van der Waals surface area contributed by atoms with Crippen LogP contribution in [0.25, 0.3) is 0 Å². The maximum absolute atomic E-state index is 13.4. The van der Waals surface area contributed by atoms with Crippen LogP contribution in [0.1, 0.15) is 47.9 Å². The number of methoxy groups -OCH3 is 1. The van der Waals surface area contributed by atoms with Crippen molar-refractivity contribution in [1.29, 1.82) is 0 Å². The van der Waals surface area contributed by atoms with E-state index in [2.05, 4.69) is 41.2 Å². The summed E-state index contributed by atoms with van der Waals surface area (Å²) in [4.78, 5) is 23.6. The van der Waals surface area contributed by atoms with Crippen molar-refractivity contribution >= 4 is 11.9 Å². The second kappa shape index (κ2) is 9.21. The molecule has 4 aliphatic carbocycles. The minimum Gasteiger partial charge on any atom is -0.504 e. The Hall–Kier alpha value is -3.80. The molecule has 0 amide bonds. The number of likely N-dealkylation sites (N-methyl/N-ethyl adjacent to an activating group) is 2. The summed E-state index contributed by atoms with van der Waals surface area (Å²) in [5.41, 5.74) is 2.83. The third-order valence-electron chi connectivity index (χ3n) is 13.4. The number of aliphatic hydroxyl groups is 1. The number of aromatic hydroxyl groups is 1. The number of hydrogen-bond acceptors (Lipinski definition) is 11. The Balaban J connectivity index is 0.957. The van der Waals surface area contributed by atoms with Crippen molar-refractivity contribution < 1.29 is 38.8 Å². The zero-order valence-electron chi connectivity index (χ0n) is 26.8. The van der Waals surface area contributed by atoms with Gasteiger partial charge in [0.2, 0.25) is 0 Å². The van der Waals surface area contributed by atoms with Crippen LogP contribution < -0.4 is 14.2 Å². The third-order valence-corrected chi connectivity index (χ3v) is 13.4. The molecule has 3 unspecified atom stereocenters. The fraction of sp³-hybridized carbons (Fsp3) is 0.556. The van der Waals surface area contributed by atoms with Crippen LogP contribution in [0.3, 0.4) is 0 Å². The lowest BCUT2D eigenvalue weighted by Gasteiger charge is -2.62. The molecule has 246 valence electrons. The summed E-state index contributed by atoms with van der Waals surface area (Å²) in [6.07, 6.45) is 5.34. The summed E-state index contributed by atoms with van der Waals surface area (Å²) in [5.74, 6) is 2.08. The summed E-state index contributed by atoms with van der Waals surface area (Å²) >= 11 is 0. The Morgan fingerprint density at radius 2 is 1.79 bits per heavy atom. The average molecular weight is 642 g/mol. The van der Waals surface area contributed by atoms with Crippen LogP contribution in [0, 0.1) is 5.92 Å². The van der Waals surface area contributed by atoms with E-state index in [-0.39, 0.29) is 17.7 Å². The quantitative estimate of drug-likeness (QED) is 0.224. The molecule has 47 heavy (non-hydrogen) atoms. The largest absolute Gasteiger partial charge is 0.535 e. The van der Waals surface area contributed by atoms with Crippen molar-refractivity contribution in [2.75, 3.05) is 34.3 Å². The predicted molar refractivity (Wildman–Crippen MR) is 168 cm³/mol. The molecule has 2 saturated heterocycles. The van der Waals surface area contributed by atoms with E-state index in [4.69, 9.17) is 23.8 Å². The van der Waals surface area contributed by atoms with Gasteiger partial charge in [-0.2, -0.15) is 0 Å². The second-order valence-electron chi connectivity index (χ2n) is 14.9. The maximum atomic E-state index is 13.4. The van der Waals surface area contributed by atoms with Crippen molar-refractivity contribution in [3.8, 4) is 23.0 Å². The average Bonchev–Trinajstić information content (AvgIpc) is 3.60. The van der Waals surface area contributed by atoms with Gasteiger partial charge < -0.3 is 39.0 Å². The van der Waals surface area contributed by atoms with Crippen LogP contribution in [0.5, 0.6) is 23.0 Å². The summed E-state index contributed by atoms with van der Waals surface area (Å²) in [7, 11) is 5.86. The minimum absolute atomic E-state index is 0.0580. The van der Waals surface area contributed by atoms with Crippen LogP contribution in [0.4, 0.5) is 4.79 Å². The van der Waals surface area contributed by atoms with Crippen LogP contribution in [-0.4, -0.2) is 102 Å². The Kier molecular flexibility index (Phi) is 5.53. The lowest BCUT2D eigenvalue weighted by atomic mass is 9.49. The number of likely N-dealkylation sites (tertiary alicyclic amines) is 2. The molecule has 9 atom stereocenters. The SMILES string of the molecule is COc1ccc2c3c1O[C@H]1C(=NOC(=O)O[C@H]4C=CC5C6Cc7ccc(O)c8c7[C@@]5(CCN6C)[C@H]4O8)CC[C@@]4(O)C(C2)N(C)CC[C@]314. The smallest absolute Gasteiger partial charge is 0.504 e. The van der Waals surface area contributed by atoms with Crippen LogP contribution in [-0.2, 0) is 33.2 Å². The van der Waals surface area contributed by atoms with E-state index < -0.39 is 40.9 Å². The number of hydrogen-bond donors (Lipinski definition) is 2. The number of phenolic OH excluding ortho intramolecular Hbond substituents is 1. The molecule has 2 N–H and O–H groups in total. The standard InChI is InChI=1S/C36H39N3O8/c1-38-14-12-34-20-6-9-25(32(34)45-29-23(40)7-4-18(27(29)34)16-22(20)38)44-33(41)47-37-21-10-11-36(42)26-17-19-5-8-24(43-3)30-28(19)35(36,31(21)46-30)13-15-39(26)2/h4-9,20,22,25-26,31-32,40,42H,10-17H2,1-3H3/t20?,22?,25-,26?,31-,32-,34-,35-,36+/m0/s1. The lowest BCUT2D eigenvalue weighted by Crippen LogP contribution is -2.76.